The fourth-order valence-corrected chi connectivity index (χ4v) is 12.3. The number of carbonyl (C=O) groups is 8. The van der Waals surface area contributed by atoms with Crippen LogP contribution in [0.25, 0.3) is 0 Å². The van der Waals surface area contributed by atoms with E-state index in [0.717, 1.165) is 60.8 Å². The summed E-state index contributed by atoms with van der Waals surface area (Å²) in [6.45, 7) is 4.10. The van der Waals surface area contributed by atoms with Crippen LogP contribution >= 0.6 is 0 Å². The third kappa shape index (κ3) is 12.1. The first kappa shape index (κ1) is 53.8. The largest absolute Gasteiger partial charge is 0.347 e. The van der Waals surface area contributed by atoms with Crippen molar-refractivity contribution in [2.24, 2.45) is 0 Å². The van der Waals surface area contributed by atoms with Gasteiger partial charge in [0, 0.05) is 44.7 Å². The van der Waals surface area contributed by atoms with Gasteiger partial charge < -0.3 is 56.8 Å². The maximum absolute atomic E-state index is 14.6. The van der Waals surface area contributed by atoms with Crippen LogP contribution in [0.5, 0.6) is 0 Å². The Morgan fingerprint density at radius 3 is 1.51 bits per heavy atom. The second kappa shape index (κ2) is 24.3. The van der Waals surface area contributed by atoms with Crippen LogP contribution in [0.4, 0.5) is 9.59 Å². The molecule has 406 valence electrons. The van der Waals surface area contributed by atoms with Gasteiger partial charge in [-0.25, -0.2) is 9.59 Å². The summed E-state index contributed by atoms with van der Waals surface area (Å²) in [5.41, 5.74) is 6.19. The van der Waals surface area contributed by atoms with Gasteiger partial charge >= 0.3 is 12.1 Å². The molecule has 9 rings (SSSR count). The summed E-state index contributed by atoms with van der Waals surface area (Å²) >= 11 is 0. The van der Waals surface area contributed by atoms with Gasteiger partial charge in [-0.3, -0.25) is 28.8 Å². The van der Waals surface area contributed by atoms with Gasteiger partial charge in [-0.15, -0.1) is 0 Å². The van der Waals surface area contributed by atoms with Crippen LogP contribution in [0.2, 0.25) is 0 Å². The molecule has 4 heterocycles. The van der Waals surface area contributed by atoms with E-state index in [1.165, 1.54) is 11.1 Å². The van der Waals surface area contributed by atoms with Gasteiger partial charge in [0.15, 0.2) is 0 Å². The molecule has 3 aromatic rings. The summed E-state index contributed by atoms with van der Waals surface area (Å²) in [6.07, 6.45) is 8.67. The molecule has 3 aromatic carbocycles. The third-order valence-corrected chi connectivity index (χ3v) is 16.6. The lowest BCUT2D eigenvalue weighted by atomic mass is 9.87. The van der Waals surface area contributed by atoms with E-state index in [4.69, 9.17) is 0 Å². The minimum absolute atomic E-state index is 0.0677. The average molecular weight is 1040 g/mol. The van der Waals surface area contributed by atoms with Crippen LogP contribution in [0.3, 0.4) is 0 Å². The van der Waals surface area contributed by atoms with E-state index in [1.54, 1.807) is 40.5 Å². The van der Waals surface area contributed by atoms with Crippen LogP contribution in [-0.4, -0.2) is 143 Å². The number of rotatable bonds is 13. The van der Waals surface area contributed by atoms with Crippen LogP contribution in [-0.2, 0) is 54.7 Å². The summed E-state index contributed by atoms with van der Waals surface area (Å²) < 4.78 is 0. The van der Waals surface area contributed by atoms with E-state index in [2.05, 4.69) is 61.5 Å². The molecule has 4 fully saturated rings. The van der Waals surface area contributed by atoms with Crippen LogP contribution in [0.15, 0.2) is 72.8 Å². The first-order chi connectivity index (χ1) is 36.8. The molecule has 19 nitrogen and oxygen atoms in total. The Labute approximate surface area is 445 Å². The molecule has 10 amide bonds. The number of amides is 10. The number of urea groups is 2. The molecule has 4 saturated heterocycles. The molecule has 9 unspecified atom stereocenters. The zero-order valence-electron chi connectivity index (χ0n) is 44.1. The summed E-state index contributed by atoms with van der Waals surface area (Å²) in [4.78, 5) is 118. The smallest absolute Gasteiger partial charge is 0.317 e. The first-order valence-corrected chi connectivity index (χ1v) is 27.6. The molecule has 0 spiro atoms. The molecule has 9 atom stereocenters. The van der Waals surface area contributed by atoms with E-state index in [9.17, 15) is 38.4 Å². The minimum Gasteiger partial charge on any atom is -0.347 e. The maximum Gasteiger partial charge on any atom is 0.317 e. The fourth-order valence-electron chi connectivity index (χ4n) is 12.3. The van der Waals surface area contributed by atoms with E-state index in [-0.39, 0.29) is 80.4 Å². The number of hydrogen-bond acceptors (Lipinski definition) is 9. The summed E-state index contributed by atoms with van der Waals surface area (Å²) in [5.74, 6) is -1.91. The van der Waals surface area contributed by atoms with Crippen molar-refractivity contribution in [2.75, 3.05) is 33.2 Å². The number of hydrogen-bond donors (Lipinski definition) is 7. The third-order valence-electron chi connectivity index (χ3n) is 16.6. The van der Waals surface area contributed by atoms with E-state index in [1.807, 2.05) is 48.5 Å². The van der Waals surface area contributed by atoms with Crippen LogP contribution in [0, 0.1) is 0 Å². The zero-order chi connectivity index (χ0) is 53.5. The lowest BCUT2D eigenvalue weighted by Crippen LogP contribution is -2.63. The number of nitrogens with zero attached hydrogens (tertiary/aromatic N) is 4. The Balaban J connectivity index is 0.806. The highest BCUT2D eigenvalue weighted by molar-refractivity contribution is 5.95. The molecule has 6 aliphatic rings. The van der Waals surface area contributed by atoms with Gasteiger partial charge in [0.05, 0.1) is 31.2 Å². The first-order valence-electron chi connectivity index (χ1n) is 27.6. The second-order valence-electron chi connectivity index (χ2n) is 21.4. The van der Waals surface area contributed by atoms with Crippen molar-refractivity contribution in [2.45, 2.75) is 165 Å². The summed E-state index contributed by atoms with van der Waals surface area (Å²) in [6, 6.07) is 17.9. The highest BCUT2D eigenvalue weighted by Crippen LogP contribution is 2.35. The van der Waals surface area contributed by atoms with Crippen molar-refractivity contribution >= 4 is 47.5 Å². The molecule has 2 aliphatic carbocycles. The van der Waals surface area contributed by atoms with E-state index in [0.29, 0.717) is 51.6 Å². The van der Waals surface area contributed by atoms with Crippen LogP contribution < -0.4 is 37.2 Å². The molecule has 0 saturated carbocycles. The molecular weight excluding hydrogens is 967 g/mol. The molecule has 76 heavy (non-hydrogen) atoms. The second-order valence-corrected chi connectivity index (χ2v) is 21.4. The Morgan fingerprint density at radius 1 is 0.566 bits per heavy atom. The SMILES string of the molecule is CCC(=O)NC1CN(C(=O)NCc2cccc(CNC(=O)N3CCC4CCC(C(=O)NC5CCCc6ccccc65)N4C(=O)C(NC(=O)C(C)NC)C3)c2)CCC2CCC(C(=O)NC3CCCc4ccccc43)N2C1=O. The average Bonchev–Trinajstić information content (AvgIpc) is 4.07. The molecule has 0 radical (unpaired) electrons. The lowest BCUT2D eigenvalue weighted by Gasteiger charge is -2.39. The molecule has 7 N–H and O–H groups in total. The van der Waals surface area contributed by atoms with Crippen molar-refractivity contribution in [1.29, 1.82) is 0 Å². The monoisotopic (exact) mass is 1040 g/mol. The number of fused-ring (bicyclic) bond motifs is 4. The van der Waals surface area contributed by atoms with Gasteiger partial charge in [0.1, 0.15) is 24.2 Å². The Bertz CT molecular complexity index is 2670. The lowest BCUT2D eigenvalue weighted by molar-refractivity contribution is -0.145. The molecule has 19 heteroatoms. The number of likely N-dealkylation sites (N-methyl/N-ethyl adjacent to an activating group) is 1. The molecular formula is C57H75N11O8. The Morgan fingerprint density at radius 2 is 1.04 bits per heavy atom. The van der Waals surface area contributed by atoms with Crippen molar-refractivity contribution in [3.63, 3.8) is 0 Å². The number of nitrogens with one attached hydrogen (secondary N) is 7. The van der Waals surface area contributed by atoms with Gasteiger partial charge in [0.25, 0.3) is 0 Å². The zero-order valence-corrected chi connectivity index (χ0v) is 44.1. The van der Waals surface area contributed by atoms with Gasteiger partial charge in [-0.1, -0.05) is 79.7 Å². The van der Waals surface area contributed by atoms with Gasteiger partial charge in [-0.05, 0) is 124 Å². The Kier molecular flexibility index (Phi) is 17.2. The van der Waals surface area contributed by atoms with Crippen molar-refractivity contribution in [1.82, 2.24) is 56.8 Å². The van der Waals surface area contributed by atoms with Crippen molar-refractivity contribution in [3.05, 3.63) is 106 Å². The topological polar surface area (TPSA) is 234 Å². The van der Waals surface area contributed by atoms with Crippen molar-refractivity contribution < 1.29 is 38.4 Å². The number of carbonyl (C=O) groups excluding carboxylic acids is 8. The molecule has 0 bridgehead atoms. The van der Waals surface area contributed by atoms with Crippen LogP contribution in [0.1, 0.15) is 130 Å². The van der Waals surface area contributed by atoms with Crippen molar-refractivity contribution in [3.8, 4) is 0 Å². The quantitative estimate of drug-likeness (QED) is 0.132. The number of aryl methyl sites for hydroxylation is 2. The number of benzene rings is 3. The minimum atomic E-state index is -1.09. The predicted molar refractivity (Wildman–Crippen MR) is 284 cm³/mol. The highest BCUT2D eigenvalue weighted by atomic mass is 16.2. The van der Waals surface area contributed by atoms with Gasteiger partial charge in [0.2, 0.25) is 35.4 Å². The fraction of sp³-hybridized carbons (Fsp3) is 0.544. The van der Waals surface area contributed by atoms with E-state index < -0.39 is 54.1 Å². The maximum atomic E-state index is 14.6. The Hall–Kier alpha value is -7.02. The normalized spacial score (nSPS) is 25.7. The summed E-state index contributed by atoms with van der Waals surface area (Å²) in [7, 11) is 1.65. The highest BCUT2D eigenvalue weighted by Gasteiger charge is 2.48. The van der Waals surface area contributed by atoms with Gasteiger partial charge in [-0.2, -0.15) is 0 Å². The molecule has 0 aromatic heterocycles. The standard InChI is InChI=1S/C57H75N11O8/c1-4-50(69)61-46-33-65(28-26-40-22-24-48(67(40)54(46)73)52(71)62-44-20-10-16-38-14-5-7-18-42(38)44)56(75)59-31-36-12-9-13-37(30-36)32-60-57(76)66-29-27-41-23-25-49(68(41)55(74)47(34-66)64-51(70)35(2)58-3)53(72)63-45-21-11-17-39-15-6-8-19-43(39)45/h5-9,12-15,18-19,30,35,40-41,44-49,58H,4,10-11,16-17,20-29,31-34H2,1-3H3,(H,59,75)(H,60,76)(H,61,69)(H,62,71)(H,63,72)(H,64,70). The predicted octanol–water partition coefficient (Wildman–Crippen LogP) is 3.61. The molecule has 4 aliphatic heterocycles. The summed E-state index contributed by atoms with van der Waals surface area (Å²) in [5, 5.41) is 21.1. The van der Waals surface area contributed by atoms with E-state index >= 15 is 0 Å².